The lowest BCUT2D eigenvalue weighted by molar-refractivity contribution is -0.500. The van der Waals surface area contributed by atoms with Crippen LogP contribution in [0.2, 0.25) is 0 Å². The van der Waals surface area contributed by atoms with Gasteiger partial charge in [0, 0.05) is 18.1 Å². The largest absolute Gasteiger partial charge is 0.478 e. The van der Waals surface area contributed by atoms with E-state index in [0.717, 1.165) is 0 Å². The molecule has 1 aliphatic carbocycles. The number of carboxylic acids is 1. The predicted molar refractivity (Wildman–Crippen MR) is 65.2 cm³/mol. The van der Waals surface area contributed by atoms with E-state index in [-0.39, 0.29) is 26.0 Å². The van der Waals surface area contributed by atoms with Gasteiger partial charge in [0.1, 0.15) is 0 Å². The first-order valence-electron chi connectivity index (χ1n) is 6.78. The average molecular weight is 420 g/mol. The molecule has 1 fully saturated rings. The van der Waals surface area contributed by atoms with Crippen LogP contribution in [-0.4, -0.2) is 52.3 Å². The number of carbonyl (C=O) groups excluding carboxylic acids is 1. The molecular formula is C13H10F10O4. The average Bonchev–Trinajstić information content (AvgIpc) is 2.47. The van der Waals surface area contributed by atoms with Gasteiger partial charge in [-0.15, -0.1) is 0 Å². The van der Waals surface area contributed by atoms with Gasteiger partial charge in [0.05, 0.1) is 0 Å². The molecule has 4 nitrogen and oxygen atoms in total. The third kappa shape index (κ3) is 2.51. The molecule has 0 spiro atoms. The highest BCUT2D eigenvalue weighted by Gasteiger charge is 3.01. The van der Waals surface area contributed by atoms with Crippen molar-refractivity contribution in [3.05, 3.63) is 12.2 Å². The van der Waals surface area contributed by atoms with Gasteiger partial charge < -0.3 is 9.84 Å². The maximum absolute atomic E-state index is 14.2. The molecule has 27 heavy (non-hydrogen) atoms. The van der Waals surface area contributed by atoms with Crippen LogP contribution in [0.1, 0.15) is 13.8 Å². The summed E-state index contributed by atoms with van der Waals surface area (Å²) >= 11 is 0. The number of alkyl halides is 10. The van der Waals surface area contributed by atoms with Crippen LogP contribution in [0.3, 0.4) is 0 Å². The highest BCUT2D eigenvalue weighted by atomic mass is 19.4. The van der Waals surface area contributed by atoms with Crippen molar-refractivity contribution < 1.29 is 63.3 Å². The maximum atomic E-state index is 14.2. The van der Waals surface area contributed by atoms with Gasteiger partial charge in [-0.05, 0) is 0 Å². The predicted octanol–water partition coefficient (Wildman–Crippen LogP) is 3.76. The van der Waals surface area contributed by atoms with Crippen LogP contribution in [0.4, 0.5) is 43.9 Å². The summed E-state index contributed by atoms with van der Waals surface area (Å²) in [7, 11) is 0. The monoisotopic (exact) mass is 420 g/mol. The van der Waals surface area contributed by atoms with E-state index in [0.29, 0.717) is 0 Å². The topological polar surface area (TPSA) is 63.6 Å². The summed E-state index contributed by atoms with van der Waals surface area (Å²) < 4.78 is 141. The van der Waals surface area contributed by atoms with Gasteiger partial charge in [-0.3, -0.25) is 0 Å². The molecule has 0 atom stereocenters. The second-order valence-electron chi connectivity index (χ2n) is 5.85. The zero-order valence-electron chi connectivity index (χ0n) is 13.2. The van der Waals surface area contributed by atoms with Gasteiger partial charge in [0.2, 0.25) is 0 Å². The second-order valence-corrected chi connectivity index (χ2v) is 5.85. The molecular weight excluding hydrogens is 410 g/mol. The SMILES string of the molecule is CC(C)C1(OC(=O)/C=C\C(=O)O)C(F)(F)C(F)(F)C(F)(F)C(F)(F)C1(F)F. The summed E-state index contributed by atoms with van der Waals surface area (Å²) in [6.45, 7) is 0.456. The number of hydrogen-bond donors (Lipinski definition) is 1. The number of rotatable bonds is 4. The lowest BCUT2D eigenvalue weighted by Gasteiger charge is -2.56. The first-order valence-corrected chi connectivity index (χ1v) is 6.78. The molecule has 0 aromatic heterocycles. The summed E-state index contributed by atoms with van der Waals surface area (Å²) in [6, 6.07) is 0. The van der Waals surface area contributed by atoms with E-state index in [4.69, 9.17) is 5.11 Å². The van der Waals surface area contributed by atoms with Crippen molar-refractivity contribution in [3.63, 3.8) is 0 Å². The summed E-state index contributed by atoms with van der Waals surface area (Å²) in [4.78, 5) is 21.6. The molecule has 0 bridgehead atoms. The highest BCUT2D eigenvalue weighted by Crippen LogP contribution is 2.70. The Morgan fingerprint density at radius 3 is 1.37 bits per heavy atom. The lowest BCUT2D eigenvalue weighted by atomic mass is 9.66. The first-order chi connectivity index (χ1) is 11.8. The fourth-order valence-electron chi connectivity index (χ4n) is 2.56. The maximum Gasteiger partial charge on any atom is 0.384 e. The van der Waals surface area contributed by atoms with E-state index in [1.54, 1.807) is 0 Å². The zero-order chi connectivity index (χ0) is 21.9. The zero-order valence-corrected chi connectivity index (χ0v) is 13.2. The molecule has 1 saturated carbocycles. The van der Waals surface area contributed by atoms with E-state index in [9.17, 15) is 53.5 Å². The lowest BCUT2D eigenvalue weighted by Crippen LogP contribution is -2.87. The molecule has 0 saturated heterocycles. The fourth-order valence-corrected chi connectivity index (χ4v) is 2.56. The molecule has 0 aliphatic heterocycles. The van der Waals surface area contributed by atoms with Crippen molar-refractivity contribution in [2.24, 2.45) is 5.92 Å². The van der Waals surface area contributed by atoms with Gasteiger partial charge >= 0.3 is 41.6 Å². The minimum Gasteiger partial charge on any atom is -0.478 e. The normalized spacial score (nSPS) is 26.7. The molecule has 0 amide bonds. The molecule has 0 aromatic rings. The molecule has 1 aliphatic rings. The standard InChI is InChI=1S/C13H10F10O4/c1-5(2)8(27-7(26)4-3-6(24)25)9(14,15)11(18,19)13(22,23)12(20,21)10(8,16)17/h3-5H,1-2H3,(H,24,25)/b4-3-. The Hall–Kier alpha value is -2.02. The minimum atomic E-state index is -7.21. The molecule has 0 unspecified atom stereocenters. The summed E-state index contributed by atoms with van der Waals surface area (Å²) in [6.07, 6.45) is -0.484. The Morgan fingerprint density at radius 2 is 1.07 bits per heavy atom. The van der Waals surface area contributed by atoms with E-state index in [2.05, 4.69) is 4.74 Å². The van der Waals surface area contributed by atoms with Crippen molar-refractivity contribution in [1.82, 2.24) is 0 Å². The number of carbonyl (C=O) groups is 2. The minimum absolute atomic E-state index is 0.166. The van der Waals surface area contributed by atoms with Crippen LogP contribution in [0.5, 0.6) is 0 Å². The Labute approximate surface area is 143 Å². The molecule has 156 valence electrons. The van der Waals surface area contributed by atoms with E-state index in [1.807, 2.05) is 0 Å². The van der Waals surface area contributed by atoms with Crippen LogP contribution in [0, 0.1) is 5.92 Å². The van der Waals surface area contributed by atoms with E-state index >= 15 is 0 Å². The van der Waals surface area contributed by atoms with Crippen LogP contribution in [0.15, 0.2) is 12.2 Å². The van der Waals surface area contributed by atoms with Crippen molar-refractivity contribution in [3.8, 4) is 0 Å². The summed E-state index contributed by atoms with van der Waals surface area (Å²) in [5.74, 6) is -41.9. The molecule has 14 heteroatoms. The molecule has 0 radical (unpaired) electrons. The third-order valence-corrected chi connectivity index (χ3v) is 3.95. The van der Waals surface area contributed by atoms with Gasteiger partial charge in [-0.1, -0.05) is 13.8 Å². The number of aliphatic carboxylic acids is 1. The van der Waals surface area contributed by atoms with Crippen LogP contribution >= 0.6 is 0 Å². The quantitative estimate of drug-likeness (QED) is 0.428. The Bertz CT molecular complexity index is 638. The number of halogens is 10. The Balaban J connectivity index is 3.84. The number of esters is 1. The fraction of sp³-hybridized carbons (Fsp3) is 0.692. The molecule has 0 aromatic carbocycles. The molecule has 1 rings (SSSR count). The first kappa shape index (κ1) is 23.0. The van der Waals surface area contributed by atoms with Crippen molar-refractivity contribution in [2.45, 2.75) is 49.1 Å². The van der Waals surface area contributed by atoms with Crippen molar-refractivity contribution in [2.75, 3.05) is 0 Å². The Morgan fingerprint density at radius 1 is 0.741 bits per heavy atom. The molecule has 0 heterocycles. The number of hydrogen-bond acceptors (Lipinski definition) is 3. The van der Waals surface area contributed by atoms with Gasteiger partial charge in [-0.25, -0.2) is 9.59 Å². The number of ether oxygens (including phenoxy) is 1. The number of carboxylic acid groups (broad SMARTS) is 1. The van der Waals surface area contributed by atoms with E-state index in [1.165, 1.54) is 0 Å². The summed E-state index contributed by atoms with van der Waals surface area (Å²) in [5.41, 5.74) is -5.44. The van der Waals surface area contributed by atoms with Crippen molar-refractivity contribution in [1.29, 1.82) is 0 Å². The summed E-state index contributed by atoms with van der Waals surface area (Å²) in [5, 5.41) is 8.25. The van der Waals surface area contributed by atoms with Crippen molar-refractivity contribution >= 4 is 11.9 Å². The highest BCUT2D eigenvalue weighted by molar-refractivity contribution is 5.91. The van der Waals surface area contributed by atoms with Crippen LogP contribution < -0.4 is 0 Å². The van der Waals surface area contributed by atoms with Gasteiger partial charge in [0.15, 0.2) is 0 Å². The third-order valence-electron chi connectivity index (χ3n) is 3.95. The van der Waals surface area contributed by atoms with Gasteiger partial charge in [-0.2, -0.15) is 43.9 Å². The van der Waals surface area contributed by atoms with Crippen LogP contribution in [-0.2, 0) is 14.3 Å². The second kappa shape index (κ2) is 5.99. The van der Waals surface area contributed by atoms with E-state index < -0.39 is 53.1 Å². The Kier molecular flexibility index (Phi) is 5.11. The molecule has 1 N–H and O–H groups in total. The van der Waals surface area contributed by atoms with Crippen LogP contribution in [0.25, 0.3) is 0 Å². The smallest absolute Gasteiger partial charge is 0.384 e. The van der Waals surface area contributed by atoms with Gasteiger partial charge in [0.25, 0.3) is 5.60 Å².